The summed E-state index contributed by atoms with van der Waals surface area (Å²) in [5.41, 5.74) is 0.954. The van der Waals surface area contributed by atoms with E-state index in [4.69, 9.17) is 0 Å². The molecule has 0 bridgehead atoms. The number of halogens is 1. The van der Waals surface area contributed by atoms with E-state index in [1.54, 1.807) is 17.0 Å². The summed E-state index contributed by atoms with van der Waals surface area (Å²) in [5, 5.41) is 5.23. The maximum atomic E-state index is 12.9. The normalized spacial score (nSPS) is 14.5. The third-order valence-corrected chi connectivity index (χ3v) is 3.76. The summed E-state index contributed by atoms with van der Waals surface area (Å²) in [5.74, 6) is -0.342. The second kappa shape index (κ2) is 8.36. The summed E-state index contributed by atoms with van der Waals surface area (Å²) in [6.07, 6.45) is 0.854. The number of anilines is 1. The summed E-state index contributed by atoms with van der Waals surface area (Å²) in [6.45, 7) is 5.14. The van der Waals surface area contributed by atoms with Crippen molar-refractivity contribution in [1.29, 1.82) is 0 Å². The molecule has 1 aromatic carbocycles. The van der Waals surface area contributed by atoms with Crippen LogP contribution in [0.4, 0.5) is 14.9 Å². The number of hydrogen-bond acceptors (Lipinski definition) is 3. The zero-order valence-corrected chi connectivity index (χ0v) is 13.3. The van der Waals surface area contributed by atoms with E-state index < -0.39 is 0 Å². The van der Waals surface area contributed by atoms with Crippen LogP contribution in [0.25, 0.3) is 0 Å². The molecule has 126 valence electrons. The lowest BCUT2D eigenvalue weighted by atomic mass is 10.2. The molecule has 2 rings (SSSR count). The minimum Gasteiger partial charge on any atom is -0.368 e. The van der Waals surface area contributed by atoms with Gasteiger partial charge in [-0.1, -0.05) is 6.92 Å². The molecule has 0 atom stereocenters. The van der Waals surface area contributed by atoms with Crippen LogP contribution in [0.1, 0.15) is 13.3 Å². The minimum absolute atomic E-state index is 0.00605. The Hall–Kier alpha value is -2.31. The molecule has 6 nitrogen and oxygen atoms in total. The molecule has 23 heavy (non-hydrogen) atoms. The van der Waals surface area contributed by atoms with Crippen LogP contribution in [0.3, 0.4) is 0 Å². The summed E-state index contributed by atoms with van der Waals surface area (Å²) in [7, 11) is 0. The second-order valence-corrected chi connectivity index (χ2v) is 5.45. The summed E-state index contributed by atoms with van der Waals surface area (Å²) < 4.78 is 12.9. The fourth-order valence-corrected chi connectivity index (χ4v) is 2.43. The molecule has 0 radical (unpaired) electrons. The van der Waals surface area contributed by atoms with E-state index in [1.807, 2.05) is 6.92 Å². The molecule has 0 unspecified atom stereocenters. The van der Waals surface area contributed by atoms with Gasteiger partial charge in [-0.2, -0.15) is 0 Å². The Bertz CT molecular complexity index is 527. The van der Waals surface area contributed by atoms with Crippen LogP contribution >= 0.6 is 0 Å². The number of hydrogen-bond donors (Lipinski definition) is 2. The number of carbonyl (C=O) groups excluding carboxylic acids is 2. The van der Waals surface area contributed by atoms with E-state index in [-0.39, 0.29) is 24.3 Å². The fourth-order valence-electron chi connectivity index (χ4n) is 2.43. The van der Waals surface area contributed by atoms with Gasteiger partial charge in [-0.05, 0) is 30.7 Å². The lowest BCUT2D eigenvalue weighted by Gasteiger charge is -2.36. The van der Waals surface area contributed by atoms with E-state index >= 15 is 0 Å². The van der Waals surface area contributed by atoms with Crippen molar-refractivity contribution in [3.05, 3.63) is 30.1 Å². The molecule has 1 aromatic rings. The van der Waals surface area contributed by atoms with Crippen molar-refractivity contribution >= 4 is 17.6 Å². The lowest BCUT2D eigenvalue weighted by molar-refractivity contribution is -0.130. The molecule has 1 aliphatic heterocycles. The van der Waals surface area contributed by atoms with Crippen LogP contribution < -0.4 is 15.5 Å². The molecule has 1 fully saturated rings. The molecule has 2 N–H and O–H groups in total. The molecule has 0 aliphatic carbocycles. The smallest absolute Gasteiger partial charge is 0.315 e. The molecular weight excluding hydrogens is 299 g/mol. The van der Waals surface area contributed by atoms with Crippen molar-refractivity contribution in [3.8, 4) is 0 Å². The number of rotatable bonds is 5. The largest absolute Gasteiger partial charge is 0.368 e. The summed E-state index contributed by atoms with van der Waals surface area (Å²) in [6, 6.07) is 6.04. The topological polar surface area (TPSA) is 64.7 Å². The van der Waals surface area contributed by atoms with Crippen molar-refractivity contribution < 1.29 is 14.0 Å². The first-order valence-corrected chi connectivity index (χ1v) is 7.90. The average Bonchev–Trinajstić information content (AvgIpc) is 2.58. The number of carbonyl (C=O) groups is 2. The van der Waals surface area contributed by atoms with Crippen molar-refractivity contribution in [1.82, 2.24) is 15.5 Å². The molecule has 0 spiro atoms. The molecule has 0 saturated carbocycles. The van der Waals surface area contributed by atoms with Crippen molar-refractivity contribution in [2.75, 3.05) is 44.2 Å². The van der Waals surface area contributed by atoms with Crippen molar-refractivity contribution in [2.45, 2.75) is 13.3 Å². The highest BCUT2D eigenvalue weighted by molar-refractivity contribution is 5.84. The fraction of sp³-hybridized carbons (Fsp3) is 0.500. The Kier molecular flexibility index (Phi) is 6.19. The Morgan fingerprint density at radius 1 is 1.09 bits per heavy atom. The SMILES string of the molecule is CCCNC(=O)NCC(=O)N1CCN(c2ccc(F)cc2)CC1. The Morgan fingerprint density at radius 3 is 2.35 bits per heavy atom. The first-order chi connectivity index (χ1) is 11.1. The van der Waals surface area contributed by atoms with Gasteiger partial charge >= 0.3 is 6.03 Å². The van der Waals surface area contributed by atoms with Gasteiger partial charge in [0.15, 0.2) is 0 Å². The third kappa shape index (κ3) is 5.12. The van der Waals surface area contributed by atoms with Crippen molar-refractivity contribution in [2.24, 2.45) is 0 Å². The minimum atomic E-state index is -0.315. The molecule has 7 heteroatoms. The zero-order valence-electron chi connectivity index (χ0n) is 13.3. The van der Waals surface area contributed by atoms with Gasteiger partial charge in [-0.25, -0.2) is 9.18 Å². The van der Waals surface area contributed by atoms with Crippen LogP contribution in [-0.4, -0.2) is 56.1 Å². The first kappa shape index (κ1) is 17.1. The van der Waals surface area contributed by atoms with Gasteiger partial charge < -0.3 is 20.4 Å². The Morgan fingerprint density at radius 2 is 1.74 bits per heavy atom. The van der Waals surface area contributed by atoms with E-state index in [0.29, 0.717) is 32.7 Å². The number of nitrogens with zero attached hydrogens (tertiary/aromatic N) is 2. The van der Waals surface area contributed by atoms with Gasteiger partial charge in [0.2, 0.25) is 5.91 Å². The van der Waals surface area contributed by atoms with E-state index in [1.165, 1.54) is 12.1 Å². The molecule has 1 aliphatic rings. The molecule has 3 amide bonds. The first-order valence-electron chi connectivity index (χ1n) is 7.90. The molecule has 1 saturated heterocycles. The number of nitrogens with one attached hydrogen (secondary N) is 2. The number of amides is 3. The number of urea groups is 1. The van der Waals surface area contributed by atoms with Crippen LogP contribution in [0.2, 0.25) is 0 Å². The highest BCUT2D eigenvalue weighted by Crippen LogP contribution is 2.16. The summed E-state index contributed by atoms with van der Waals surface area (Å²) >= 11 is 0. The average molecular weight is 322 g/mol. The van der Waals surface area contributed by atoms with Gasteiger partial charge in [-0.15, -0.1) is 0 Å². The zero-order chi connectivity index (χ0) is 16.7. The lowest BCUT2D eigenvalue weighted by Crippen LogP contribution is -2.52. The quantitative estimate of drug-likeness (QED) is 0.856. The monoisotopic (exact) mass is 322 g/mol. The predicted octanol–water partition coefficient (Wildman–Crippen LogP) is 1.18. The van der Waals surface area contributed by atoms with Crippen LogP contribution in [0, 0.1) is 5.82 Å². The molecule has 0 aromatic heterocycles. The number of piperazine rings is 1. The maximum absolute atomic E-state index is 12.9. The van der Waals surface area contributed by atoms with E-state index in [2.05, 4.69) is 15.5 Å². The Labute approximate surface area is 135 Å². The van der Waals surface area contributed by atoms with E-state index in [0.717, 1.165) is 12.1 Å². The highest BCUT2D eigenvalue weighted by atomic mass is 19.1. The predicted molar refractivity (Wildman–Crippen MR) is 86.9 cm³/mol. The van der Waals surface area contributed by atoms with Crippen molar-refractivity contribution in [3.63, 3.8) is 0 Å². The second-order valence-electron chi connectivity index (χ2n) is 5.45. The highest BCUT2D eigenvalue weighted by Gasteiger charge is 2.21. The summed E-state index contributed by atoms with van der Waals surface area (Å²) in [4.78, 5) is 27.4. The van der Waals surface area contributed by atoms with Gasteiger partial charge in [0.1, 0.15) is 5.82 Å². The molecule has 1 heterocycles. The van der Waals surface area contributed by atoms with Crippen LogP contribution in [0.5, 0.6) is 0 Å². The van der Waals surface area contributed by atoms with Crippen LogP contribution in [-0.2, 0) is 4.79 Å². The van der Waals surface area contributed by atoms with E-state index in [9.17, 15) is 14.0 Å². The number of benzene rings is 1. The van der Waals surface area contributed by atoms with Gasteiger partial charge in [0, 0.05) is 38.4 Å². The van der Waals surface area contributed by atoms with Gasteiger partial charge in [0.05, 0.1) is 6.54 Å². The third-order valence-electron chi connectivity index (χ3n) is 3.76. The van der Waals surface area contributed by atoms with Gasteiger partial charge in [-0.3, -0.25) is 4.79 Å². The van der Waals surface area contributed by atoms with Gasteiger partial charge in [0.25, 0.3) is 0 Å². The standard InChI is InChI=1S/C16H23FN4O2/c1-2-7-18-16(23)19-12-15(22)21-10-8-20(9-11-21)14-5-3-13(17)4-6-14/h3-6H,2,7-12H2,1H3,(H2,18,19,23). The Balaban J connectivity index is 1.74. The molecular formula is C16H23FN4O2. The van der Waals surface area contributed by atoms with Crippen LogP contribution in [0.15, 0.2) is 24.3 Å². The maximum Gasteiger partial charge on any atom is 0.315 e.